The molecule has 0 radical (unpaired) electrons. The van der Waals surface area contributed by atoms with Crippen LogP contribution in [-0.4, -0.2) is 0 Å². The van der Waals surface area contributed by atoms with E-state index in [1.54, 1.807) is 12.1 Å². The summed E-state index contributed by atoms with van der Waals surface area (Å²) in [5.74, 6) is 0.337. The first kappa shape index (κ1) is 13.2. The zero-order valence-electron chi connectivity index (χ0n) is 9.71. The molecule has 4 heteroatoms. The van der Waals surface area contributed by atoms with E-state index in [4.69, 9.17) is 27.9 Å². The van der Waals surface area contributed by atoms with Crippen molar-refractivity contribution < 1.29 is 9.13 Å². The average Bonchev–Trinajstić information content (AvgIpc) is 2.34. The van der Waals surface area contributed by atoms with Crippen molar-refractivity contribution in [3.8, 4) is 5.75 Å². The largest absolute Gasteiger partial charge is 0.489 e. The zero-order valence-corrected chi connectivity index (χ0v) is 11.2. The first-order valence-corrected chi connectivity index (χ1v) is 6.15. The van der Waals surface area contributed by atoms with Crippen LogP contribution in [0, 0.1) is 12.7 Å². The Labute approximate surface area is 115 Å². The molecular weight excluding hydrogens is 274 g/mol. The van der Waals surface area contributed by atoms with Crippen LogP contribution in [0.15, 0.2) is 36.4 Å². The molecule has 1 nitrogen and oxygen atoms in total. The van der Waals surface area contributed by atoms with E-state index in [9.17, 15) is 4.39 Å². The molecule has 0 fully saturated rings. The third-order valence-corrected chi connectivity index (χ3v) is 3.14. The van der Waals surface area contributed by atoms with E-state index in [1.165, 1.54) is 18.2 Å². The summed E-state index contributed by atoms with van der Waals surface area (Å²) in [5.41, 5.74) is 1.57. The number of hydrogen-bond donors (Lipinski definition) is 0. The number of halogens is 3. The van der Waals surface area contributed by atoms with Crippen LogP contribution in [0.5, 0.6) is 5.75 Å². The maximum absolute atomic E-state index is 13.1. The second-order valence-electron chi connectivity index (χ2n) is 3.93. The summed E-state index contributed by atoms with van der Waals surface area (Å²) < 4.78 is 18.7. The highest BCUT2D eigenvalue weighted by Gasteiger charge is 2.05. The van der Waals surface area contributed by atoms with Crippen molar-refractivity contribution in [3.05, 3.63) is 63.4 Å². The van der Waals surface area contributed by atoms with Gasteiger partial charge in [0.1, 0.15) is 18.2 Å². The monoisotopic (exact) mass is 284 g/mol. The lowest BCUT2D eigenvalue weighted by Crippen LogP contribution is -1.98. The van der Waals surface area contributed by atoms with Gasteiger partial charge in [-0.15, -0.1) is 0 Å². The molecule has 0 aliphatic carbocycles. The van der Waals surface area contributed by atoms with Crippen molar-refractivity contribution >= 4 is 23.2 Å². The molecule has 18 heavy (non-hydrogen) atoms. The fourth-order valence-electron chi connectivity index (χ4n) is 1.54. The Balaban J connectivity index is 2.16. The standard InChI is InChI=1S/C14H11Cl2FO/c1-9-2-3-11(15)7-14(9)18-8-10-6-12(17)4-5-13(10)16/h2-7H,8H2,1H3. The summed E-state index contributed by atoms with van der Waals surface area (Å²) >= 11 is 11.8. The Kier molecular flexibility index (Phi) is 4.10. The molecule has 0 spiro atoms. The predicted octanol–water partition coefficient (Wildman–Crippen LogP) is 5.02. The Morgan fingerprint density at radius 2 is 1.89 bits per heavy atom. The summed E-state index contributed by atoms with van der Waals surface area (Å²) in [6, 6.07) is 9.58. The summed E-state index contributed by atoms with van der Waals surface area (Å²) in [6.07, 6.45) is 0. The summed E-state index contributed by atoms with van der Waals surface area (Å²) in [6.45, 7) is 2.12. The van der Waals surface area contributed by atoms with Crippen LogP contribution in [0.4, 0.5) is 4.39 Å². The zero-order chi connectivity index (χ0) is 13.1. The number of benzene rings is 2. The lowest BCUT2D eigenvalue weighted by molar-refractivity contribution is 0.303. The van der Waals surface area contributed by atoms with Crippen LogP contribution < -0.4 is 4.74 Å². The van der Waals surface area contributed by atoms with Crippen molar-refractivity contribution in [1.82, 2.24) is 0 Å². The van der Waals surface area contributed by atoms with Gasteiger partial charge in [-0.1, -0.05) is 29.3 Å². The van der Waals surface area contributed by atoms with Gasteiger partial charge in [0.15, 0.2) is 0 Å². The smallest absolute Gasteiger partial charge is 0.124 e. The predicted molar refractivity (Wildman–Crippen MR) is 71.9 cm³/mol. The fraction of sp³-hybridized carbons (Fsp3) is 0.143. The van der Waals surface area contributed by atoms with Crippen LogP contribution in [0.1, 0.15) is 11.1 Å². The molecular formula is C14H11Cl2FO. The molecule has 0 atom stereocenters. The van der Waals surface area contributed by atoms with Gasteiger partial charge in [-0.3, -0.25) is 0 Å². The van der Waals surface area contributed by atoms with Gasteiger partial charge < -0.3 is 4.74 Å². The van der Waals surface area contributed by atoms with Gasteiger partial charge in [0, 0.05) is 15.6 Å². The molecule has 0 aromatic heterocycles. The molecule has 0 heterocycles. The van der Waals surface area contributed by atoms with Gasteiger partial charge in [0.2, 0.25) is 0 Å². The molecule has 0 unspecified atom stereocenters. The van der Waals surface area contributed by atoms with E-state index < -0.39 is 0 Å². The van der Waals surface area contributed by atoms with Gasteiger partial charge >= 0.3 is 0 Å². The second-order valence-corrected chi connectivity index (χ2v) is 4.78. The van der Waals surface area contributed by atoms with E-state index in [-0.39, 0.29) is 12.4 Å². The normalized spacial score (nSPS) is 10.4. The minimum absolute atomic E-state index is 0.206. The van der Waals surface area contributed by atoms with E-state index in [0.29, 0.717) is 21.4 Å². The Hall–Kier alpha value is -1.25. The minimum atomic E-state index is -0.333. The molecule has 0 aliphatic rings. The average molecular weight is 285 g/mol. The van der Waals surface area contributed by atoms with Crippen molar-refractivity contribution in [1.29, 1.82) is 0 Å². The van der Waals surface area contributed by atoms with Crippen molar-refractivity contribution in [3.63, 3.8) is 0 Å². The van der Waals surface area contributed by atoms with Gasteiger partial charge in [0.05, 0.1) is 0 Å². The molecule has 2 aromatic carbocycles. The molecule has 94 valence electrons. The number of aryl methyl sites for hydroxylation is 1. The Bertz CT molecular complexity index is 518. The van der Waals surface area contributed by atoms with Crippen LogP contribution in [0.25, 0.3) is 0 Å². The molecule has 2 aromatic rings. The highest BCUT2D eigenvalue weighted by atomic mass is 35.5. The van der Waals surface area contributed by atoms with Crippen LogP contribution >= 0.6 is 23.2 Å². The lowest BCUT2D eigenvalue weighted by Gasteiger charge is -2.10. The Morgan fingerprint density at radius 1 is 1.11 bits per heavy atom. The molecule has 0 saturated carbocycles. The van der Waals surface area contributed by atoms with E-state index in [2.05, 4.69) is 0 Å². The summed E-state index contributed by atoms with van der Waals surface area (Å²) in [5, 5.41) is 1.08. The molecule has 0 saturated heterocycles. The quantitative estimate of drug-likeness (QED) is 0.769. The first-order chi connectivity index (χ1) is 8.56. The summed E-state index contributed by atoms with van der Waals surface area (Å²) in [7, 11) is 0. The highest BCUT2D eigenvalue weighted by molar-refractivity contribution is 6.31. The molecule has 0 bridgehead atoms. The van der Waals surface area contributed by atoms with Crippen LogP contribution in [0.3, 0.4) is 0 Å². The molecule has 2 rings (SSSR count). The highest BCUT2D eigenvalue weighted by Crippen LogP contribution is 2.25. The third kappa shape index (κ3) is 3.15. The molecule has 0 N–H and O–H groups in total. The SMILES string of the molecule is Cc1ccc(Cl)cc1OCc1cc(F)ccc1Cl. The minimum Gasteiger partial charge on any atom is -0.489 e. The van der Waals surface area contributed by atoms with Gasteiger partial charge in [0.25, 0.3) is 0 Å². The Morgan fingerprint density at radius 3 is 2.67 bits per heavy atom. The maximum atomic E-state index is 13.1. The van der Waals surface area contributed by atoms with Gasteiger partial charge in [-0.2, -0.15) is 0 Å². The molecule has 0 aliphatic heterocycles. The molecule has 0 amide bonds. The van der Waals surface area contributed by atoms with Gasteiger partial charge in [-0.05, 0) is 42.8 Å². The maximum Gasteiger partial charge on any atom is 0.124 e. The fourth-order valence-corrected chi connectivity index (χ4v) is 1.87. The van der Waals surface area contributed by atoms with Crippen molar-refractivity contribution in [2.24, 2.45) is 0 Å². The topological polar surface area (TPSA) is 9.23 Å². The van der Waals surface area contributed by atoms with E-state index in [1.807, 2.05) is 13.0 Å². The van der Waals surface area contributed by atoms with Crippen molar-refractivity contribution in [2.45, 2.75) is 13.5 Å². The first-order valence-electron chi connectivity index (χ1n) is 5.39. The lowest BCUT2D eigenvalue weighted by atomic mass is 10.2. The van der Waals surface area contributed by atoms with Gasteiger partial charge in [-0.25, -0.2) is 4.39 Å². The van der Waals surface area contributed by atoms with Crippen molar-refractivity contribution in [2.75, 3.05) is 0 Å². The summed E-state index contributed by atoms with van der Waals surface area (Å²) in [4.78, 5) is 0. The van der Waals surface area contributed by atoms with Crippen LogP contribution in [-0.2, 0) is 6.61 Å². The van der Waals surface area contributed by atoms with E-state index in [0.717, 1.165) is 5.56 Å². The third-order valence-electron chi connectivity index (χ3n) is 2.54. The van der Waals surface area contributed by atoms with E-state index >= 15 is 0 Å². The second kappa shape index (κ2) is 5.59. The number of rotatable bonds is 3. The number of ether oxygens (including phenoxy) is 1. The van der Waals surface area contributed by atoms with Crippen LogP contribution in [0.2, 0.25) is 10.0 Å². The number of hydrogen-bond acceptors (Lipinski definition) is 1.